The summed E-state index contributed by atoms with van der Waals surface area (Å²) in [6.07, 6.45) is 4.36. The van der Waals surface area contributed by atoms with Crippen molar-refractivity contribution in [2.24, 2.45) is 0 Å². The van der Waals surface area contributed by atoms with E-state index in [9.17, 15) is 4.79 Å². The van der Waals surface area contributed by atoms with Crippen LogP contribution in [-0.2, 0) is 16.1 Å². The SMILES string of the molecule is CCc1cncnc1N1CCN(OC(C)=O)CC1. The predicted octanol–water partition coefficient (Wildman–Crippen LogP) is 0.639. The lowest BCUT2D eigenvalue weighted by Gasteiger charge is -2.34. The standard InChI is InChI=1S/C12H18N4O2/c1-3-11-8-13-9-14-12(11)15-4-6-16(7-5-15)18-10(2)17/h8-9H,3-7H2,1-2H3. The number of anilines is 1. The van der Waals surface area contributed by atoms with Crippen LogP contribution in [0.2, 0.25) is 0 Å². The molecule has 0 N–H and O–H groups in total. The van der Waals surface area contributed by atoms with E-state index in [1.165, 1.54) is 6.92 Å². The van der Waals surface area contributed by atoms with Crippen LogP contribution in [0.1, 0.15) is 19.4 Å². The molecule has 0 bridgehead atoms. The van der Waals surface area contributed by atoms with Gasteiger partial charge in [0.15, 0.2) is 0 Å². The Morgan fingerprint density at radius 1 is 1.39 bits per heavy atom. The molecule has 1 aromatic rings. The van der Waals surface area contributed by atoms with Gasteiger partial charge in [-0.25, -0.2) is 9.97 Å². The number of piperazine rings is 1. The molecule has 0 aliphatic carbocycles. The fourth-order valence-corrected chi connectivity index (χ4v) is 2.06. The molecule has 18 heavy (non-hydrogen) atoms. The van der Waals surface area contributed by atoms with Gasteiger partial charge in [0, 0.05) is 31.8 Å². The van der Waals surface area contributed by atoms with Gasteiger partial charge in [0.05, 0.1) is 13.1 Å². The fraction of sp³-hybridized carbons (Fsp3) is 0.583. The normalized spacial score (nSPS) is 16.7. The van der Waals surface area contributed by atoms with E-state index in [-0.39, 0.29) is 5.97 Å². The van der Waals surface area contributed by atoms with Crippen molar-refractivity contribution in [2.75, 3.05) is 31.1 Å². The zero-order valence-corrected chi connectivity index (χ0v) is 10.8. The third-order valence-corrected chi connectivity index (χ3v) is 2.94. The van der Waals surface area contributed by atoms with Crippen LogP contribution in [0.25, 0.3) is 0 Å². The van der Waals surface area contributed by atoms with Crippen LogP contribution in [0.4, 0.5) is 5.82 Å². The molecule has 1 aromatic heterocycles. The summed E-state index contributed by atoms with van der Waals surface area (Å²) >= 11 is 0. The maximum Gasteiger partial charge on any atom is 0.322 e. The molecule has 1 aliphatic heterocycles. The first-order valence-electron chi connectivity index (χ1n) is 6.18. The molecule has 2 rings (SSSR count). The predicted molar refractivity (Wildman–Crippen MR) is 67.0 cm³/mol. The van der Waals surface area contributed by atoms with E-state index in [1.54, 1.807) is 11.4 Å². The molecule has 0 spiro atoms. The highest BCUT2D eigenvalue weighted by Crippen LogP contribution is 2.18. The number of carbonyl (C=O) groups excluding carboxylic acids is 1. The van der Waals surface area contributed by atoms with E-state index < -0.39 is 0 Å². The highest BCUT2D eigenvalue weighted by atomic mass is 16.7. The first kappa shape index (κ1) is 12.8. The lowest BCUT2D eigenvalue weighted by molar-refractivity contribution is -0.188. The molecule has 0 aromatic carbocycles. The Hall–Kier alpha value is -1.69. The van der Waals surface area contributed by atoms with Crippen LogP contribution in [0.5, 0.6) is 0 Å². The number of rotatable bonds is 3. The first-order valence-corrected chi connectivity index (χ1v) is 6.18. The van der Waals surface area contributed by atoms with Crippen LogP contribution in [-0.4, -0.2) is 47.2 Å². The number of carbonyl (C=O) groups is 1. The molecular formula is C12H18N4O2. The van der Waals surface area contributed by atoms with Gasteiger partial charge in [0.25, 0.3) is 0 Å². The monoisotopic (exact) mass is 250 g/mol. The zero-order chi connectivity index (χ0) is 13.0. The van der Waals surface area contributed by atoms with Crippen molar-refractivity contribution in [3.05, 3.63) is 18.1 Å². The molecule has 0 radical (unpaired) electrons. The largest absolute Gasteiger partial charge is 0.368 e. The van der Waals surface area contributed by atoms with Crippen LogP contribution in [0.3, 0.4) is 0 Å². The van der Waals surface area contributed by atoms with Crippen molar-refractivity contribution in [3.63, 3.8) is 0 Å². The lowest BCUT2D eigenvalue weighted by Crippen LogP contribution is -2.47. The van der Waals surface area contributed by atoms with Crippen LogP contribution in [0.15, 0.2) is 12.5 Å². The molecule has 0 atom stereocenters. The summed E-state index contributed by atoms with van der Waals surface area (Å²) < 4.78 is 0. The number of aromatic nitrogens is 2. The van der Waals surface area contributed by atoms with Gasteiger partial charge in [-0.3, -0.25) is 4.79 Å². The quantitative estimate of drug-likeness (QED) is 0.784. The molecule has 0 amide bonds. The lowest BCUT2D eigenvalue weighted by atomic mass is 10.2. The smallest absolute Gasteiger partial charge is 0.322 e. The Bertz CT molecular complexity index is 416. The summed E-state index contributed by atoms with van der Waals surface area (Å²) in [4.78, 5) is 26.5. The summed E-state index contributed by atoms with van der Waals surface area (Å²) in [5.74, 6) is 0.731. The van der Waals surface area contributed by atoms with Crippen LogP contribution >= 0.6 is 0 Å². The van der Waals surface area contributed by atoms with E-state index in [0.717, 1.165) is 30.9 Å². The molecule has 1 fully saturated rings. The second-order valence-electron chi connectivity index (χ2n) is 4.22. The van der Waals surface area contributed by atoms with Gasteiger partial charge in [0.1, 0.15) is 12.1 Å². The molecule has 98 valence electrons. The minimum Gasteiger partial charge on any atom is -0.368 e. The van der Waals surface area contributed by atoms with Gasteiger partial charge in [-0.15, -0.1) is 5.06 Å². The maximum atomic E-state index is 10.9. The third kappa shape index (κ3) is 2.95. The molecule has 6 heteroatoms. The summed E-state index contributed by atoms with van der Waals surface area (Å²) in [7, 11) is 0. The van der Waals surface area contributed by atoms with Gasteiger partial charge in [-0.1, -0.05) is 6.92 Å². The molecule has 2 heterocycles. The number of hydrogen-bond acceptors (Lipinski definition) is 6. The molecule has 0 unspecified atom stereocenters. The molecule has 1 aliphatic rings. The Balaban J connectivity index is 1.99. The Morgan fingerprint density at radius 3 is 2.72 bits per heavy atom. The molecular weight excluding hydrogens is 232 g/mol. The van der Waals surface area contributed by atoms with Gasteiger partial charge >= 0.3 is 5.97 Å². The van der Waals surface area contributed by atoms with Gasteiger partial charge < -0.3 is 9.74 Å². The molecule has 1 saturated heterocycles. The minimum atomic E-state index is -0.264. The molecule has 6 nitrogen and oxygen atoms in total. The van der Waals surface area contributed by atoms with Crippen molar-refractivity contribution in [3.8, 4) is 0 Å². The number of nitrogens with zero attached hydrogens (tertiary/aromatic N) is 4. The average Bonchev–Trinajstić information content (AvgIpc) is 2.39. The van der Waals surface area contributed by atoms with E-state index in [2.05, 4.69) is 21.8 Å². The van der Waals surface area contributed by atoms with E-state index in [4.69, 9.17) is 4.84 Å². The first-order chi connectivity index (χ1) is 8.70. The van der Waals surface area contributed by atoms with Gasteiger partial charge in [-0.05, 0) is 6.42 Å². The summed E-state index contributed by atoms with van der Waals surface area (Å²) in [6.45, 7) is 6.53. The summed E-state index contributed by atoms with van der Waals surface area (Å²) in [5, 5.41) is 1.70. The van der Waals surface area contributed by atoms with Crippen molar-refractivity contribution in [1.82, 2.24) is 15.0 Å². The van der Waals surface area contributed by atoms with Gasteiger partial charge in [-0.2, -0.15) is 0 Å². The highest BCUT2D eigenvalue weighted by Gasteiger charge is 2.21. The van der Waals surface area contributed by atoms with E-state index in [1.807, 2.05) is 6.20 Å². The van der Waals surface area contributed by atoms with Crippen molar-refractivity contribution < 1.29 is 9.63 Å². The summed E-state index contributed by atoms with van der Waals surface area (Å²) in [5.41, 5.74) is 1.15. The van der Waals surface area contributed by atoms with E-state index >= 15 is 0 Å². The van der Waals surface area contributed by atoms with Crippen molar-refractivity contribution in [2.45, 2.75) is 20.3 Å². The Morgan fingerprint density at radius 2 is 2.11 bits per heavy atom. The third-order valence-electron chi connectivity index (χ3n) is 2.94. The van der Waals surface area contributed by atoms with E-state index in [0.29, 0.717) is 13.1 Å². The van der Waals surface area contributed by atoms with Crippen LogP contribution in [0, 0.1) is 0 Å². The molecule has 0 saturated carbocycles. The number of hydroxylamine groups is 2. The average molecular weight is 250 g/mol. The minimum absolute atomic E-state index is 0.264. The van der Waals surface area contributed by atoms with Crippen molar-refractivity contribution in [1.29, 1.82) is 0 Å². The maximum absolute atomic E-state index is 10.9. The van der Waals surface area contributed by atoms with Crippen LogP contribution < -0.4 is 4.90 Å². The Kier molecular flexibility index (Phi) is 4.09. The fourth-order valence-electron chi connectivity index (χ4n) is 2.06. The van der Waals surface area contributed by atoms with Gasteiger partial charge in [0.2, 0.25) is 0 Å². The topological polar surface area (TPSA) is 58.6 Å². The second-order valence-corrected chi connectivity index (χ2v) is 4.22. The highest BCUT2D eigenvalue weighted by molar-refractivity contribution is 5.65. The Labute approximate surface area is 107 Å². The number of aryl methyl sites for hydroxylation is 1. The number of hydrogen-bond donors (Lipinski definition) is 0. The van der Waals surface area contributed by atoms with Crippen molar-refractivity contribution >= 4 is 11.8 Å². The second kappa shape index (κ2) is 5.77. The zero-order valence-electron chi connectivity index (χ0n) is 10.8. The summed E-state index contributed by atoms with van der Waals surface area (Å²) in [6, 6.07) is 0.